The Labute approximate surface area is 208 Å². The van der Waals surface area contributed by atoms with Crippen LogP contribution >= 0.6 is 11.6 Å². The largest absolute Gasteiger partial charge is 0.354 e. The highest BCUT2D eigenvalue weighted by Crippen LogP contribution is 2.18. The zero-order valence-electron chi connectivity index (χ0n) is 20.0. The monoisotopic (exact) mass is 507 g/mol. The zero-order valence-corrected chi connectivity index (χ0v) is 21.6. The predicted octanol–water partition coefficient (Wildman–Crippen LogP) is 4.07. The second-order valence-corrected chi connectivity index (χ2v) is 10.6. The fraction of sp³-hybridized carbons (Fsp3) is 0.440. The van der Waals surface area contributed by atoms with Crippen LogP contribution in [-0.2, 0) is 26.2 Å². The molecule has 0 heterocycles. The molecule has 2 amide bonds. The molecule has 1 atom stereocenters. The van der Waals surface area contributed by atoms with Gasteiger partial charge in [-0.2, -0.15) is 0 Å². The van der Waals surface area contributed by atoms with E-state index in [0.717, 1.165) is 12.0 Å². The molecule has 0 bridgehead atoms. The molecule has 0 saturated heterocycles. The summed E-state index contributed by atoms with van der Waals surface area (Å²) in [6.45, 7) is 4.85. The van der Waals surface area contributed by atoms with Gasteiger partial charge in [-0.15, -0.1) is 0 Å². The molecule has 9 heteroatoms. The van der Waals surface area contributed by atoms with Crippen molar-refractivity contribution in [1.29, 1.82) is 0 Å². The average molecular weight is 508 g/mol. The highest BCUT2D eigenvalue weighted by molar-refractivity contribution is 7.89. The lowest BCUT2D eigenvalue weighted by molar-refractivity contribution is -0.141. The first-order valence-electron chi connectivity index (χ1n) is 11.5. The van der Waals surface area contributed by atoms with Gasteiger partial charge < -0.3 is 10.2 Å². The van der Waals surface area contributed by atoms with E-state index in [9.17, 15) is 18.0 Å². The summed E-state index contributed by atoms with van der Waals surface area (Å²) in [7, 11) is -2.12. The Morgan fingerprint density at radius 3 is 2.26 bits per heavy atom. The van der Waals surface area contributed by atoms with Crippen LogP contribution in [0.15, 0.2) is 59.5 Å². The SMILES string of the molecule is CCCNC(=O)[C@@H](CC)N(Cc1ccc(Cl)cc1)C(=O)CCCN(C)S(=O)(=O)c1ccccc1. The maximum Gasteiger partial charge on any atom is 0.242 e. The number of rotatable bonds is 13. The fourth-order valence-corrected chi connectivity index (χ4v) is 4.92. The van der Waals surface area contributed by atoms with Crippen LogP contribution in [0.25, 0.3) is 0 Å². The summed E-state index contributed by atoms with van der Waals surface area (Å²) in [5.74, 6) is -0.380. The van der Waals surface area contributed by atoms with Gasteiger partial charge in [0.15, 0.2) is 0 Å². The second kappa shape index (κ2) is 13.5. The molecule has 1 N–H and O–H groups in total. The molecule has 0 radical (unpaired) electrons. The molecule has 2 aromatic carbocycles. The topological polar surface area (TPSA) is 86.8 Å². The summed E-state index contributed by atoms with van der Waals surface area (Å²) in [6.07, 6.45) is 1.73. The molecule has 0 fully saturated rings. The Kier molecular flexibility index (Phi) is 11.0. The van der Waals surface area contributed by atoms with Crippen LogP contribution in [0.3, 0.4) is 0 Å². The van der Waals surface area contributed by atoms with Crippen LogP contribution in [-0.4, -0.2) is 55.6 Å². The van der Waals surface area contributed by atoms with Crippen molar-refractivity contribution in [2.75, 3.05) is 20.1 Å². The Morgan fingerprint density at radius 1 is 1.03 bits per heavy atom. The number of sulfonamides is 1. The van der Waals surface area contributed by atoms with E-state index in [4.69, 9.17) is 11.6 Å². The van der Waals surface area contributed by atoms with Crippen molar-refractivity contribution in [1.82, 2.24) is 14.5 Å². The van der Waals surface area contributed by atoms with Gasteiger partial charge in [-0.05, 0) is 49.1 Å². The summed E-state index contributed by atoms with van der Waals surface area (Å²) < 4.78 is 26.7. The lowest BCUT2D eigenvalue weighted by Crippen LogP contribution is -2.49. The van der Waals surface area contributed by atoms with Gasteiger partial charge in [0.2, 0.25) is 21.8 Å². The fourth-order valence-electron chi connectivity index (χ4n) is 3.56. The van der Waals surface area contributed by atoms with Crippen LogP contribution in [0.4, 0.5) is 0 Å². The normalized spacial score (nSPS) is 12.4. The van der Waals surface area contributed by atoms with Gasteiger partial charge in [0.25, 0.3) is 0 Å². The van der Waals surface area contributed by atoms with Crippen LogP contribution in [0.1, 0.15) is 45.1 Å². The van der Waals surface area contributed by atoms with Crippen LogP contribution < -0.4 is 5.32 Å². The van der Waals surface area contributed by atoms with Crippen molar-refractivity contribution in [3.05, 3.63) is 65.2 Å². The first kappa shape index (κ1) is 27.8. The van der Waals surface area contributed by atoms with Crippen molar-refractivity contribution >= 4 is 33.4 Å². The molecule has 34 heavy (non-hydrogen) atoms. The van der Waals surface area contributed by atoms with E-state index in [1.54, 1.807) is 47.4 Å². The molecule has 0 aliphatic heterocycles. The Morgan fingerprint density at radius 2 is 1.68 bits per heavy atom. The van der Waals surface area contributed by atoms with Crippen molar-refractivity contribution < 1.29 is 18.0 Å². The van der Waals surface area contributed by atoms with Gasteiger partial charge in [-0.1, -0.05) is 55.8 Å². The predicted molar refractivity (Wildman–Crippen MR) is 135 cm³/mol. The summed E-state index contributed by atoms with van der Waals surface area (Å²) in [4.78, 5) is 27.8. The molecule has 0 aromatic heterocycles. The van der Waals surface area contributed by atoms with Crippen LogP contribution in [0.5, 0.6) is 0 Å². The van der Waals surface area contributed by atoms with Gasteiger partial charge in [0.05, 0.1) is 4.90 Å². The van der Waals surface area contributed by atoms with E-state index >= 15 is 0 Å². The van der Waals surface area contributed by atoms with Gasteiger partial charge in [0, 0.05) is 38.1 Å². The van der Waals surface area contributed by atoms with E-state index in [2.05, 4.69) is 5.32 Å². The standard InChI is InChI=1S/C25H34ClN3O4S/c1-4-17-27-25(31)23(5-2)29(19-20-13-15-21(26)16-14-20)24(30)12-9-18-28(3)34(32,33)22-10-7-6-8-11-22/h6-8,10-11,13-16,23H,4-5,9,12,17-19H2,1-3H3,(H,27,31)/t23-/m1/s1. The third-order valence-corrected chi connectivity index (χ3v) is 7.64. The molecule has 2 aromatic rings. The van der Waals surface area contributed by atoms with Gasteiger partial charge in [0.1, 0.15) is 6.04 Å². The molecule has 0 unspecified atom stereocenters. The van der Waals surface area contributed by atoms with E-state index in [0.29, 0.717) is 24.4 Å². The molecule has 0 spiro atoms. The third kappa shape index (κ3) is 7.82. The number of nitrogens with one attached hydrogen (secondary N) is 1. The smallest absolute Gasteiger partial charge is 0.242 e. The molecule has 186 valence electrons. The number of carbonyl (C=O) groups is 2. The second-order valence-electron chi connectivity index (χ2n) is 8.11. The molecule has 0 aliphatic carbocycles. The number of nitrogens with zero attached hydrogens (tertiary/aromatic N) is 2. The lowest BCUT2D eigenvalue weighted by Gasteiger charge is -2.31. The number of benzene rings is 2. The van der Waals surface area contributed by atoms with Crippen molar-refractivity contribution in [2.45, 2.75) is 57.0 Å². The van der Waals surface area contributed by atoms with E-state index in [-0.39, 0.29) is 36.2 Å². The highest BCUT2D eigenvalue weighted by atomic mass is 35.5. The Balaban J connectivity index is 2.10. The Bertz CT molecular complexity index is 1030. The third-order valence-electron chi connectivity index (χ3n) is 5.52. The maximum atomic E-state index is 13.2. The first-order chi connectivity index (χ1) is 16.2. The Hall–Kier alpha value is -2.42. The average Bonchev–Trinajstić information content (AvgIpc) is 2.84. The molecular weight excluding hydrogens is 474 g/mol. The van der Waals surface area contributed by atoms with Gasteiger partial charge in [-0.3, -0.25) is 9.59 Å². The summed E-state index contributed by atoms with van der Waals surface area (Å²) >= 11 is 5.99. The number of hydrogen-bond acceptors (Lipinski definition) is 4. The van der Waals surface area contributed by atoms with Crippen molar-refractivity contribution in [3.8, 4) is 0 Å². The van der Waals surface area contributed by atoms with Crippen molar-refractivity contribution in [3.63, 3.8) is 0 Å². The molecular formula is C25H34ClN3O4S. The number of carbonyl (C=O) groups excluding carboxylic acids is 2. The minimum atomic E-state index is -3.62. The van der Waals surface area contributed by atoms with Crippen LogP contribution in [0.2, 0.25) is 5.02 Å². The highest BCUT2D eigenvalue weighted by Gasteiger charge is 2.28. The molecule has 0 aliphatic rings. The number of hydrogen-bond donors (Lipinski definition) is 1. The maximum absolute atomic E-state index is 13.2. The number of amides is 2. The van der Waals surface area contributed by atoms with E-state index in [1.807, 2.05) is 26.0 Å². The summed E-state index contributed by atoms with van der Waals surface area (Å²) in [5.41, 5.74) is 0.864. The van der Waals surface area contributed by atoms with Crippen molar-refractivity contribution in [2.24, 2.45) is 0 Å². The van der Waals surface area contributed by atoms with E-state index in [1.165, 1.54) is 11.4 Å². The number of halogens is 1. The first-order valence-corrected chi connectivity index (χ1v) is 13.4. The molecule has 7 nitrogen and oxygen atoms in total. The minimum Gasteiger partial charge on any atom is -0.354 e. The zero-order chi connectivity index (χ0) is 25.1. The summed E-state index contributed by atoms with van der Waals surface area (Å²) in [5, 5.41) is 3.48. The summed E-state index contributed by atoms with van der Waals surface area (Å²) in [6, 6.07) is 14.8. The molecule has 2 rings (SSSR count). The van der Waals surface area contributed by atoms with Gasteiger partial charge >= 0.3 is 0 Å². The van der Waals surface area contributed by atoms with E-state index < -0.39 is 16.1 Å². The molecule has 0 saturated carbocycles. The minimum absolute atomic E-state index is 0.125. The van der Waals surface area contributed by atoms with Gasteiger partial charge in [-0.25, -0.2) is 12.7 Å². The van der Waals surface area contributed by atoms with Crippen LogP contribution in [0, 0.1) is 0 Å². The lowest BCUT2D eigenvalue weighted by atomic mass is 10.1. The quantitative estimate of drug-likeness (QED) is 0.442.